The molecule has 0 bridgehead atoms. The van der Waals surface area contributed by atoms with Crippen LogP contribution in [0.2, 0.25) is 0 Å². The maximum absolute atomic E-state index is 12.2. The first kappa shape index (κ1) is 11.5. The quantitative estimate of drug-likeness (QED) is 0.792. The van der Waals surface area contributed by atoms with Crippen molar-refractivity contribution >= 4 is 11.7 Å². The molecule has 18 heavy (non-hydrogen) atoms. The molecule has 2 aliphatic rings. The van der Waals surface area contributed by atoms with Gasteiger partial charge in [0.05, 0.1) is 0 Å². The number of benzene rings is 1. The molecule has 0 saturated carbocycles. The second-order valence-electron chi connectivity index (χ2n) is 5.26. The Hall–Kier alpha value is -1.55. The summed E-state index contributed by atoms with van der Waals surface area (Å²) >= 11 is 0. The van der Waals surface area contributed by atoms with Crippen LogP contribution in [0.1, 0.15) is 12.0 Å². The predicted octanol–water partition coefficient (Wildman–Crippen LogP) is 1.82. The predicted molar refractivity (Wildman–Crippen MR) is 71.7 cm³/mol. The summed E-state index contributed by atoms with van der Waals surface area (Å²) in [6.07, 6.45) is 1.12. The van der Waals surface area contributed by atoms with Crippen LogP contribution in [0.15, 0.2) is 24.3 Å². The summed E-state index contributed by atoms with van der Waals surface area (Å²) < 4.78 is 0. The number of hydrogen-bond acceptors (Lipinski definition) is 2. The highest BCUT2D eigenvalue weighted by Crippen LogP contribution is 2.27. The number of carbonyl (C=O) groups excluding carboxylic acids is 1. The molecule has 4 nitrogen and oxygen atoms in total. The Labute approximate surface area is 107 Å². The van der Waals surface area contributed by atoms with E-state index in [-0.39, 0.29) is 6.03 Å². The largest absolute Gasteiger partial charge is 0.322 e. The van der Waals surface area contributed by atoms with Crippen LogP contribution < -0.4 is 10.6 Å². The van der Waals surface area contributed by atoms with E-state index in [0.29, 0.717) is 12.0 Å². The van der Waals surface area contributed by atoms with Gasteiger partial charge in [-0.3, -0.25) is 0 Å². The lowest BCUT2D eigenvalue weighted by atomic mass is 10.1. The van der Waals surface area contributed by atoms with Gasteiger partial charge in [0.1, 0.15) is 0 Å². The molecule has 96 valence electrons. The zero-order valence-corrected chi connectivity index (χ0v) is 10.6. The fourth-order valence-electron chi connectivity index (χ4n) is 2.93. The maximum atomic E-state index is 12.2. The highest BCUT2D eigenvalue weighted by atomic mass is 16.2. The Bertz CT molecular complexity index is 443. The van der Waals surface area contributed by atoms with E-state index in [9.17, 15) is 4.79 Å². The van der Waals surface area contributed by atoms with Crippen LogP contribution in [-0.4, -0.2) is 36.6 Å². The first-order chi connectivity index (χ1) is 8.74. The molecule has 2 amide bonds. The number of carbonyl (C=O) groups is 1. The van der Waals surface area contributed by atoms with E-state index in [1.807, 2.05) is 36.1 Å². The third kappa shape index (κ3) is 2.08. The zero-order chi connectivity index (χ0) is 12.5. The minimum absolute atomic E-state index is 0.0371. The third-order valence-electron chi connectivity index (χ3n) is 4.01. The van der Waals surface area contributed by atoms with Crippen molar-refractivity contribution in [1.82, 2.24) is 10.2 Å². The maximum Gasteiger partial charge on any atom is 0.322 e. The van der Waals surface area contributed by atoms with E-state index in [1.54, 1.807) is 0 Å². The summed E-state index contributed by atoms with van der Waals surface area (Å²) in [6.45, 7) is 4.92. The Morgan fingerprint density at radius 1 is 1.33 bits per heavy atom. The average molecular weight is 245 g/mol. The van der Waals surface area contributed by atoms with Crippen LogP contribution in [0.4, 0.5) is 10.5 Å². The summed E-state index contributed by atoms with van der Waals surface area (Å²) in [5.74, 6) is 0.647. The van der Waals surface area contributed by atoms with E-state index in [0.717, 1.165) is 31.7 Å². The molecule has 0 spiro atoms. The molecule has 0 aromatic heterocycles. The van der Waals surface area contributed by atoms with Crippen LogP contribution in [0, 0.1) is 12.8 Å². The Balaban J connectivity index is 1.66. The van der Waals surface area contributed by atoms with Gasteiger partial charge >= 0.3 is 6.03 Å². The SMILES string of the molecule is Cc1ccc(NC(=O)N2CC[C@H]3CNC[C@H]32)cc1. The summed E-state index contributed by atoms with van der Waals surface area (Å²) in [6, 6.07) is 8.35. The molecule has 2 heterocycles. The van der Waals surface area contributed by atoms with Gasteiger partial charge in [0.2, 0.25) is 0 Å². The summed E-state index contributed by atoms with van der Waals surface area (Å²) in [5.41, 5.74) is 2.08. The van der Waals surface area contributed by atoms with E-state index in [4.69, 9.17) is 0 Å². The monoisotopic (exact) mass is 245 g/mol. The fourth-order valence-corrected chi connectivity index (χ4v) is 2.93. The smallest absolute Gasteiger partial charge is 0.320 e. The van der Waals surface area contributed by atoms with E-state index in [2.05, 4.69) is 10.6 Å². The number of aryl methyl sites for hydroxylation is 1. The first-order valence-electron chi connectivity index (χ1n) is 6.59. The van der Waals surface area contributed by atoms with Gasteiger partial charge in [0.15, 0.2) is 0 Å². The highest BCUT2D eigenvalue weighted by molar-refractivity contribution is 5.89. The van der Waals surface area contributed by atoms with Crippen molar-refractivity contribution in [3.63, 3.8) is 0 Å². The Kier molecular flexibility index (Phi) is 2.96. The molecule has 1 aromatic carbocycles. The van der Waals surface area contributed by atoms with Crippen molar-refractivity contribution in [2.45, 2.75) is 19.4 Å². The summed E-state index contributed by atoms with van der Waals surface area (Å²) in [7, 11) is 0. The average Bonchev–Trinajstić information content (AvgIpc) is 2.93. The fraction of sp³-hybridized carbons (Fsp3) is 0.500. The second-order valence-corrected chi connectivity index (χ2v) is 5.26. The van der Waals surface area contributed by atoms with Crippen molar-refractivity contribution in [2.75, 3.05) is 25.0 Å². The number of rotatable bonds is 1. The normalized spacial score (nSPS) is 26.2. The molecule has 1 aromatic rings. The summed E-state index contributed by atoms with van der Waals surface area (Å²) in [5, 5.41) is 6.34. The first-order valence-corrected chi connectivity index (χ1v) is 6.59. The molecule has 2 fully saturated rings. The highest BCUT2D eigenvalue weighted by Gasteiger charge is 2.39. The topological polar surface area (TPSA) is 44.4 Å². The summed E-state index contributed by atoms with van der Waals surface area (Å²) in [4.78, 5) is 14.2. The molecule has 2 saturated heterocycles. The molecule has 0 unspecified atom stereocenters. The van der Waals surface area contributed by atoms with Gasteiger partial charge in [-0.1, -0.05) is 17.7 Å². The lowest BCUT2D eigenvalue weighted by molar-refractivity contribution is 0.206. The van der Waals surface area contributed by atoms with Crippen LogP contribution in [0.5, 0.6) is 0 Å². The van der Waals surface area contributed by atoms with Crippen molar-refractivity contribution in [1.29, 1.82) is 0 Å². The van der Waals surface area contributed by atoms with Gasteiger partial charge in [0.25, 0.3) is 0 Å². The Morgan fingerprint density at radius 3 is 2.89 bits per heavy atom. The molecule has 0 aliphatic carbocycles. The van der Waals surface area contributed by atoms with E-state index < -0.39 is 0 Å². The van der Waals surface area contributed by atoms with Crippen LogP contribution >= 0.6 is 0 Å². The van der Waals surface area contributed by atoms with Crippen molar-refractivity contribution < 1.29 is 4.79 Å². The number of urea groups is 1. The third-order valence-corrected chi connectivity index (χ3v) is 4.01. The van der Waals surface area contributed by atoms with E-state index >= 15 is 0 Å². The van der Waals surface area contributed by atoms with Crippen molar-refractivity contribution in [3.8, 4) is 0 Å². The number of likely N-dealkylation sites (tertiary alicyclic amines) is 1. The number of fused-ring (bicyclic) bond motifs is 1. The number of nitrogens with one attached hydrogen (secondary N) is 2. The number of anilines is 1. The van der Waals surface area contributed by atoms with Gasteiger partial charge in [0, 0.05) is 31.4 Å². The molecule has 2 N–H and O–H groups in total. The number of nitrogens with zero attached hydrogens (tertiary/aromatic N) is 1. The molecule has 2 aliphatic heterocycles. The minimum atomic E-state index is 0.0371. The Morgan fingerprint density at radius 2 is 2.11 bits per heavy atom. The number of amides is 2. The van der Waals surface area contributed by atoms with Gasteiger partial charge in [-0.2, -0.15) is 0 Å². The van der Waals surface area contributed by atoms with E-state index in [1.165, 1.54) is 5.56 Å². The molecule has 4 heteroatoms. The van der Waals surface area contributed by atoms with Crippen molar-refractivity contribution in [2.24, 2.45) is 5.92 Å². The molecule has 0 radical (unpaired) electrons. The van der Waals surface area contributed by atoms with Crippen LogP contribution in [0.25, 0.3) is 0 Å². The zero-order valence-electron chi connectivity index (χ0n) is 10.6. The van der Waals surface area contributed by atoms with Crippen LogP contribution in [0.3, 0.4) is 0 Å². The van der Waals surface area contributed by atoms with Gasteiger partial charge in [-0.15, -0.1) is 0 Å². The minimum Gasteiger partial charge on any atom is -0.320 e. The van der Waals surface area contributed by atoms with Gasteiger partial charge in [-0.05, 0) is 31.4 Å². The van der Waals surface area contributed by atoms with Crippen molar-refractivity contribution in [3.05, 3.63) is 29.8 Å². The molecule has 3 rings (SSSR count). The molecule has 2 atom stereocenters. The van der Waals surface area contributed by atoms with Gasteiger partial charge in [-0.25, -0.2) is 4.79 Å². The second kappa shape index (κ2) is 4.61. The molecular weight excluding hydrogens is 226 g/mol. The van der Waals surface area contributed by atoms with Gasteiger partial charge < -0.3 is 15.5 Å². The standard InChI is InChI=1S/C14H19N3O/c1-10-2-4-12(5-3-10)16-14(18)17-7-6-11-8-15-9-13(11)17/h2-5,11,13,15H,6-9H2,1H3,(H,16,18)/t11-,13+/m0/s1. The molecular formula is C14H19N3O. The lowest BCUT2D eigenvalue weighted by Gasteiger charge is -2.23. The number of hydrogen-bond donors (Lipinski definition) is 2. The van der Waals surface area contributed by atoms with Crippen LogP contribution in [-0.2, 0) is 0 Å². The lowest BCUT2D eigenvalue weighted by Crippen LogP contribution is -2.41.